The first-order valence-electron chi connectivity index (χ1n) is 9.18. The zero-order valence-corrected chi connectivity index (χ0v) is 17.9. The van der Waals surface area contributed by atoms with Crippen LogP contribution in [-0.4, -0.2) is 21.8 Å². The van der Waals surface area contributed by atoms with E-state index < -0.39 is 0 Å². The van der Waals surface area contributed by atoms with Gasteiger partial charge in [-0.25, -0.2) is 4.98 Å². The Labute approximate surface area is 176 Å². The fourth-order valence-electron chi connectivity index (χ4n) is 3.25. The van der Waals surface area contributed by atoms with Crippen LogP contribution < -0.4 is 5.32 Å². The summed E-state index contributed by atoms with van der Waals surface area (Å²) in [7, 11) is 0. The molecule has 2 aromatic carbocycles. The second-order valence-corrected chi connectivity index (χ2v) is 8.52. The Morgan fingerprint density at radius 1 is 1.14 bits per heavy atom. The van der Waals surface area contributed by atoms with Crippen LogP contribution in [0.1, 0.15) is 27.3 Å². The Hall–Kier alpha value is -2.44. The number of hydrogen-bond acceptors (Lipinski definition) is 3. The number of benzene rings is 2. The molecule has 0 saturated heterocycles. The van der Waals surface area contributed by atoms with E-state index in [1.54, 1.807) is 0 Å². The molecule has 0 aliphatic carbocycles. The van der Waals surface area contributed by atoms with Gasteiger partial charge in [0.15, 0.2) is 4.96 Å². The molecule has 4 nitrogen and oxygen atoms in total. The minimum Gasteiger partial charge on any atom is -0.351 e. The molecule has 2 heterocycles. The predicted molar refractivity (Wildman–Crippen MR) is 118 cm³/mol. The molecule has 4 aromatic rings. The normalized spacial score (nSPS) is 11.1. The molecule has 0 unspecified atom stereocenters. The van der Waals surface area contributed by atoms with E-state index in [2.05, 4.69) is 42.8 Å². The van der Waals surface area contributed by atoms with E-state index in [-0.39, 0.29) is 5.91 Å². The third-order valence-electron chi connectivity index (χ3n) is 4.70. The molecule has 0 fully saturated rings. The molecule has 0 aliphatic rings. The summed E-state index contributed by atoms with van der Waals surface area (Å²) in [5, 5.41) is 3.05. The molecular weight excluding hydrogens is 434 g/mol. The van der Waals surface area contributed by atoms with Crippen molar-refractivity contribution in [2.75, 3.05) is 6.54 Å². The number of nitrogens with zero attached hydrogens (tertiary/aromatic N) is 2. The summed E-state index contributed by atoms with van der Waals surface area (Å²) in [6.45, 7) is 2.64. The fourth-order valence-corrected chi connectivity index (χ4v) is 4.53. The van der Waals surface area contributed by atoms with Gasteiger partial charge in [-0.1, -0.05) is 69.7 Å². The van der Waals surface area contributed by atoms with Gasteiger partial charge in [0.05, 0.1) is 11.9 Å². The van der Waals surface area contributed by atoms with Gasteiger partial charge in [0.25, 0.3) is 5.91 Å². The number of carbonyl (C=O) groups excluding carboxylic acids is 1. The Balaban J connectivity index is 1.47. The monoisotopic (exact) mass is 453 g/mol. The van der Waals surface area contributed by atoms with Gasteiger partial charge in [-0.3, -0.25) is 9.20 Å². The van der Waals surface area contributed by atoms with Crippen molar-refractivity contribution in [3.8, 4) is 11.3 Å². The van der Waals surface area contributed by atoms with Crippen molar-refractivity contribution in [1.29, 1.82) is 0 Å². The van der Waals surface area contributed by atoms with Crippen molar-refractivity contribution in [1.82, 2.24) is 14.7 Å². The van der Waals surface area contributed by atoms with E-state index in [0.717, 1.165) is 44.1 Å². The zero-order chi connectivity index (χ0) is 19.5. The Morgan fingerprint density at radius 2 is 1.89 bits per heavy atom. The lowest BCUT2D eigenvalue weighted by Crippen LogP contribution is -2.24. The Kier molecular flexibility index (Phi) is 5.59. The molecule has 0 bridgehead atoms. The lowest BCUT2D eigenvalue weighted by Gasteiger charge is -2.06. The number of amides is 1. The molecule has 0 aliphatic heterocycles. The highest BCUT2D eigenvalue weighted by Crippen LogP contribution is 2.29. The standard InChI is InChI=1S/C22H20BrN3OS/c1-15-20(21(27)24-13-5-8-16-6-3-2-4-7-16)28-22-25-14-19(26(15)22)17-9-11-18(23)12-10-17/h2-4,6-7,9-12,14H,5,8,13H2,1H3,(H,24,27). The first kappa shape index (κ1) is 18.9. The molecule has 1 amide bonds. The molecule has 0 spiro atoms. The number of halogens is 1. The molecule has 6 heteroatoms. The van der Waals surface area contributed by atoms with Crippen LogP contribution in [0.4, 0.5) is 0 Å². The van der Waals surface area contributed by atoms with Gasteiger partial charge in [0.1, 0.15) is 4.88 Å². The van der Waals surface area contributed by atoms with Crippen molar-refractivity contribution >= 4 is 38.1 Å². The number of nitrogens with one attached hydrogen (secondary N) is 1. The average molecular weight is 454 g/mol. The molecule has 28 heavy (non-hydrogen) atoms. The Morgan fingerprint density at radius 3 is 2.64 bits per heavy atom. The van der Waals surface area contributed by atoms with E-state index in [1.165, 1.54) is 16.9 Å². The lowest BCUT2D eigenvalue weighted by atomic mass is 10.1. The molecule has 0 radical (unpaired) electrons. The van der Waals surface area contributed by atoms with Crippen molar-refractivity contribution in [2.45, 2.75) is 19.8 Å². The van der Waals surface area contributed by atoms with Crippen molar-refractivity contribution in [2.24, 2.45) is 0 Å². The van der Waals surface area contributed by atoms with Crippen LogP contribution in [-0.2, 0) is 6.42 Å². The third kappa shape index (κ3) is 3.88. The SMILES string of the molecule is Cc1c(C(=O)NCCCc2ccccc2)sc2ncc(-c3ccc(Br)cc3)n12. The van der Waals surface area contributed by atoms with Crippen molar-refractivity contribution in [3.05, 3.63) is 81.4 Å². The summed E-state index contributed by atoms with van der Waals surface area (Å²) in [4.78, 5) is 18.8. The maximum absolute atomic E-state index is 12.7. The molecular formula is C22H20BrN3OS. The van der Waals surface area contributed by atoms with Crippen molar-refractivity contribution < 1.29 is 4.79 Å². The van der Waals surface area contributed by atoms with E-state index in [0.29, 0.717) is 6.54 Å². The molecule has 4 rings (SSSR count). The zero-order valence-electron chi connectivity index (χ0n) is 15.5. The highest BCUT2D eigenvalue weighted by atomic mass is 79.9. The van der Waals surface area contributed by atoms with Gasteiger partial charge in [0.2, 0.25) is 0 Å². The maximum Gasteiger partial charge on any atom is 0.263 e. The Bertz CT molecular complexity index is 1100. The first-order chi connectivity index (χ1) is 13.6. The number of imidazole rings is 1. The van der Waals surface area contributed by atoms with Crippen LogP contribution >= 0.6 is 27.3 Å². The summed E-state index contributed by atoms with van der Waals surface area (Å²) in [6.07, 6.45) is 3.74. The summed E-state index contributed by atoms with van der Waals surface area (Å²) in [5.41, 5.74) is 4.29. The summed E-state index contributed by atoms with van der Waals surface area (Å²) < 4.78 is 3.10. The van der Waals surface area contributed by atoms with Crippen molar-refractivity contribution in [3.63, 3.8) is 0 Å². The lowest BCUT2D eigenvalue weighted by molar-refractivity contribution is 0.0956. The van der Waals surface area contributed by atoms with Crippen LogP contribution in [0.2, 0.25) is 0 Å². The number of aromatic nitrogens is 2. The van der Waals surface area contributed by atoms with Gasteiger partial charge in [-0.2, -0.15) is 0 Å². The van der Waals surface area contributed by atoms with Gasteiger partial charge in [-0.15, -0.1) is 0 Å². The molecule has 0 saturated carbocycles. The largest absolute Gasteiger partial charge is 0.351 e. The van der Waals surface area contributed by atoms with E-state index in [9.17, 15) is 4.79 Å². The topological polar surface area (TPSA) is 46.4 Å². The first-order valence-corrected chi connectivity index (χ1v) is 10.8. The van der Waals surface area contributed by atoms with Crippen LogP contribution in [0.25, 0.3) is 16.2 Å². The minimum absolute atomic E-state index is 0.0252. The number of carbonyl (C=O) groups is 1. The summed E-state index contributed by atoms with van der Waals surface area (Å²) in [5.74, 6) is -0.0252. The van der Waals surface area contributed by atoms with Gasteiger partial charge >= 0.3 is 0 Å². The molecule has 142 valence electrons. The summed E-state index contributed by atoms with van der Waals surface area (Å²) >= 11 is 4.90. The molecule has 2 aromatic heterocycles. The van der Waals surface area contributed by atoms with E-state index in [1.807, 2.05) is 55.6 Å². The maximum atomic E-state index is 12.7. The van der Waals surface area contributed by atoms with Gasteiger partial charge in [0, 0.05) is 22.3 Å². The van der Waals surface area contributed by atoms with Crippen LogP contribution in [0, 0.1) is 6.92 Å². The van der Waals surface area contributed by atoms with E-state index >= 15 is 0 Å². The second kappa shape index (κ2) is 8.29. The van der Waals surface area contributed by atoms with E-state index in [4.69, 9.17) is 0 Å². The quantitative estimate of drug-likeness (QED) is 0.392. The van der Waals surface area contributed by atoms with Gasteiger partial charge in [-0.05, 0) is 37.5 Å². The number of hydrogen-bond donors (Lipinski definition) is 1. The number of aryl methyl sites for hydroxylation is 2. The van der Waals surface area contributed by atoms with Gasteiger partial charge < -0.3 is 5.32 Å². The average Bonchev–Trinajstić information content (AvgIpc) is 3.27. The van der Waals surface area contributed by atoms with Crippen LogP contribution in [0.5, 0.6) is 0 Å². The highest BCUT2D eigenvalue weighted by Gasteiger charge is 2.19. The highest BCUT2D eigenvalue weighted by molar-refractivity contribution is 9.10. The number of rotatable bonds is 6. The number of thiazole rings is 1. The van der Waals surface area contributed by atoms with Crippen LogP contribution in [0.15, 0.2) is 65.3 Å². The predicted octanol–water partition coefficient (Wildman–Crippen LogP) is 5.50. The minimum atomic E-state index is -0.0252. The second-order valence-electron chi connectivity index (χ2n) is 6.63. The van der Waals surface area contributed by atoms with Crippen LogP contribution in [0.3, 0.4) is 0 Å². The third-order valence-corrected chi connectivity index (χ3v) is 6.39. The smallest absolute Gasteiger partial charge is 0.263 e. The number of fused-ring (bicyclic) bond motifs is 1. The molecule has 1 N–H and O–H groups in total. The summed E-state index contributed by atoms with van der Waals surface area (Å²) in [6, 6.07) is 18.5. The fraction of sp³-hybridized carbons (Fsp3) is 0.182. The molecule has 0 atom stereocenters.